The molecule has 1 aliphatic heterocycles. The minimum atomic E-state index is -0.557. The number of carbonyl (C=O) groups is 3. The van der Waals surface area contributed by atoms with Crippen LogP contribution in [0.2, 0.25) is 0 Å². The van der Waals surface area contributed by atoms with E-state index < -0.39 is 17.9 Å². The van der Waals surface area contributed by atoms with Crippen LogP contribution in [0.15, 0.2) is 23.9 Å². The minimum Gasteiger partial charge on any atom is -0.493 e. The van der Waals surface area contributed by atoms with E-state index in [1.165, 1.54) is 14.2 Å². The first-order chi connectivity index (χ1) is 14.9. The second-order valence-corrected chi connectivity index (χ2v) is 7.41. The lowest BCUT2D eigenvalue weighted by molar-refractivity contribution is -0.145. The maximum absolute atomic E-state index is 12.6. The van der Waals surface area contributed by atoms with Gasteiger partial charge in [-0.2, -0.15) is 0 Å². The number of hydrogen-bond donors (Lipinski definition) is 1. The highest BCUT2D eigenvalue weighted by Gasteiger charge is 2.33. The van der Waals surface area contributed by atoms with Gasteiger partial charge in [-0.25, -0.2) is 4.79 Å². The van der Waals surface area contributed by atoms with E-state index in [-0.39, 0.29) is 18.7 Å². The highest BCUT2D eigenvalue weighted by molar-refractivity contribution is 6.14. The molecule has 1 aromatic rings. The average molecular weight is 433 g/mol. The molecule has 0 bridgehead atoms. The Bertz CT molecular complexity index is 820. The van der Waals surface area contributed by atoms with Crippen molar-refractivity contribution < 1.29 is 28.6 Å². The number of ether oxygens (including phenoxy) is 3. The summed E-state index contributed by atoms with van der Waals surface area (Å²) in [5, 5.41) is 2.55. The van der Waals surface area contributed by atoms with E-state index in [9.17, 15) is 14.4 Å². The predicted molar refractivity (Wildman–Crippen MR) is 117 cm³/mol. The van der Waals surface area contributed by atoms with Gasteiger partial charge in [-0.3, -0.25) is 14.5 Å². The van der Waals surface area contributed by atoms with Gasteiger partial charge in [0.05, 0.1) is 27.2 Å². The molecular weight excluding hydrogens is 400 g/mol. The van der Waals surface area contributed by atoms with Crippen LogP contribution in [0.3, 0.4) is 0 Å². The summed E-state index contributed by atoms with van der Waals surface area (Å²) in [5.41, 5.74) is 0.802. The molecule has 1 saturated heterocycles. The number of amides is 3. The number of benzene rings is 1. The normalized spacial score (nSPS) is 15.7. The number of methoxy groups -OCH3 is 2. The standard InChI is InChI=1S/C23H32N2O6/c1-5-7-8-16(6-2)15-31-21(26)11-12-25-22(27)18(24-23(25)28)13-17-9-10-19(29-3)20(14-17)30-4/h9-10,13-14,16H,5-8,11-12,15H2,1-4H3,(H,24,28)/b18-13+. The first-order valence-electron chi connectivity index (χ1n) is 10.7. The molecule has 1 heterocycles. The van der Waals surface area contributed by atoms with Crippen molar-refractivity contribution in [3.8, 4) is 11.5 Å². The Balaban J connectivity index is 1.93. The third-order valence-corrected chi connectivity index (χ3v) is 5.24. The van der Waals surface area contributed by atoms with Gasteiger partial charge in [0, 0.05) is 6.54 Å². The Labute approximate surface area is 183 Å². The Morgan fingerprint density at radius 2 is 1.90 bits per heavy atom. The molecule has 8 heteroatoms. The SMILES string of the molecule is CCCCC(CC)COC(=O)CCN1C(=O)N/C(=C/c2ccc(OC)c(OC)c2)C1=O. The van der Waals surface area contributed by atoms with E-state index in [0.717, 1.165) is 30.6 Å². The Kier molecular flexibility index (Phi) is 9.37. The fraction of sp³-hybridized carbons (Fsp3) is 0.522. The van der Waals surface area contributed by atoms with Crippen LogP contribution in [-0.4, -0.2) is 50.2 Å². The van der Waals surface area contributed by atoms with Gasteiger partial charge in [0.15, 0.2) is 11.5 Å². The number of imide groups is 1. The van der Waals surface area contributed by atoms with E-state index in [1.807, 2.05) is 0 Å². The van der Waals surface area contributed by atoms with Crippen LogP contribution in [0, 0.1) is 5.92 Å². The maximum atomic E-state index is 12.6. The predicted octanol–water partition coefficient (Wildman–Crippen LogP) is 3.75. The molecule has 1 aliphatic rings. The number of nitrogens with one attached hydrogen (secondary N) is 1. The van der Waals surface area contributed by atoms with Gasteiger partial charge in [0.2, 0.25) is 0 Å². The van der Waals surface area contributed by atoms with Gasteiger partial charge in [-0.05, 0) is 36.1 Å². The third kappa shape index (κ3) is 6.73. The van der Waals surface area contributed by atoms with Gasteiger partial charge >= 0.3 is 12.0 Å². The monoisotopic (exact) mass is 432 g/mol. The molecule has 1 atom stereocenters. The van der Waals surface area contributed by atoms with Crippen LogP contribution < -0.4 is 14.8 Å². The quantitative estimate of drug-likeness (QED) is 0.307. The van der Waals surface area contributed by atoms with Crippen molar-refractivity contribution in [1.82, 2.24) is 10.2 Å². The molecule has 31 heavy (non-hydrogen) atoms. The Hall–Kier alpha value is -3.03. The lowest BCUT2D eigenvalue weighted by Gasteiger charge is -2.15. The van der Waals surface area contributed by atoms with Gasteiger partial charge in [-0.15, -0.1) is 0 Å². The number of nitrogens with zero attached hydrogens (tertiary/aromatic N) is 1. The van der Waals surface area contributed by atoms with Crippen molar-refractivity contribution in [3.63, 3.8) is 0 Å². The van der Waals surface area contributed by atoms with Crippen LogP contribution in [0.1, 0.15) is 51.5 Å². The van der Waals surface area contributed by atoms with Crippen molar-refractivity contribution in [2.24, 2.45) is 5.92 Å². The number of urea groups is 1. The molecule has 2 rings (SSSR count). The zero-order chi connectivity index (χ0) is 22.8. The van der Waals surface area contributed by atoms with E-state index in [4.69, 9.17) is 14.2 Å². The van der Waals surface area contributed by atoms with Gasteiger partial charge in [-0.1, -0.05) is 39.2 Å². The highest BCUT2D eigenvalue weighted by Crippen LogP contribution is 2.28. The van der Waals surface area contributed by atoms with Crippen molar-refractivity contribution in [2.45, 2.75) is 46.0 Å². The molecule has 1 unspecified atom stereocenters. The molecule has 1 aromatic carbocycles. The first-order valence-corrected chi connectivity index (χ1v) is 10.7. The summed E-state index contributed by atoms with van der Waals surface area (Å²) in [6, 6.07) is 4.60. The van der Waals surface area contributed by atoms with Crippen molar-refractivity contribution in [3.05, 3.63) is 29.5 Å². The lowest BCUT2D eigenvalue weighted by Crippen LogP contribution is -2.33. The molecule has 170 valence electrons. The number of rotatable bonds is 12. The summed E-state index contributed by atoms with van der Waals surface area (Å²) >= 11 is 0. The van der Waals surface area contributed by atoms with Crippen LogP contribution in [0.4, 0.5) is 4.79 Å². The first kappa shape index (κ1) is 24.2. The second kappa shape index (κ2) is 12.0. The Morgan fingerprint density at radius 3 is 2.55 bits per heavy atom. The number of carbonyl (C=O) groups excluding carboxylic acids is 3. The Morgan fingerprint density at radius 1 is 1.16 bits per heavy atom. The van der Waals surface area contributed by atoms with Crippen LogP contribution in [0.25, 0.3) is 6.08 Å². The molecule has 0 spiro atoms. The molecule has 0 radical (unpaired) electrons. The summed E-state index contributed by atoms with van der Waals surface area (Å²) in [4.78, 5) is 37.9. The van der Waals surface area contributed by atoms with E-state index in [1.54, 1.807) is 24.3 Å². The molecule has 1 N–H and O–H groups in total. The summed E-state index contributed by atoms with van der Waals surface area (Å²) in [6.45, 7) is 4.55. The fourth-order valence-corrected chi connectivity index (χ4v) is 3.27. The summed E-state index contributed by atoms with van der Waals surface area (Å²) < 4.78 is 15.8. The molecule has 8 nitrogen and oxygen atoms in total. The highest BCUT2D eigenvalue weighted by atomic mass is 16.5. The topological polar surface area (TPSA) is 94.2 Å². The smallest absolute Gasteiger partial charge is 0.329 e. The van der Waals surface area contributed by atoms with Crippen LogP contribution in [-0.2, 0) is 14.3 Å². The number of hydrogen-bond acceptors (Lipinski definition) is 6. The largest absolute Gasteiger partial charge is 0.493 e. The summed E-state index contributed by atoms with van der Waals surface area (Å²) in [5.74, 6) is 0.524. The zero-order valence-electron chi connectivity index (χ0n) is 18.7. The molecule has 1 fully saturated rings. The second-order valence-electron chi connectivity index (χ2n) is 7.41. The molecule has 0 saturated carbocycles. The minimum absolute atomic E-state index is 0.0292. The zero-order valence-corrected chi connectivity index (χ0v) is 18.7. The lowest BCUT2D eigenvalue weighted by atomic mass is 10.0. The van der Waals surface area contributed by atoms with Gasteiger partial charge < -0.3 is 19.5 Å². The van der Waals surface area contributed by atoms with Gasteiger partial charge in [0.1, 0.15) is 5.70 Å². The van der Waals surface area contributed by atoms with Crippen molar-refractivity contribution >= 4 is 24.0 Å². The molecule has 3 amide bonds. The van der Waals surface area contributed by atoms with Crippen LogP contribution >= 0.6 is 0 Å². The fourth-order valence-electron chi connectivity index (χ4n) is 3.27. The van der Waals surface area contributed by atoms with Crippen LogP contribution in [0.5, 0.6) is 11.5 Å². The van der Waals surface area contributed by atoms with E-state index in [2.05, 4.69) is 19.2 Å². The molecular formula is C23H32N2O6. The third-order valence-electron chi connectivity index (χ3n) is 5.24. The average Bonchev–Trinajstić information content (AvgIpc) is 3.04. The van der Waals surface area contributed by atoms with Crippen molar-refractivity contribution in [1.29, 1.82) is 0 Å². The number of esters is 1. The van der Waals surface area contributed by atoms with E-state index >= 15 is 0 Å². The molecule has 0 aromatic heterocycles. The van der Waals surface area contributed by atoms with Gasteiger partial charge in [0.25, 0.3) is 5.91 Å². The molecule has 0 aliphatic carbocycles. The van der Waals surface area contributed by atoms with Crippen molar-refractivity contribution in [2.75, 3.05) is 27.4 Å². The maximum Gasteiger partial charge on any atom is 0.329 e. The number of unbranched alkanes of at least 4 members (excludes halogenated alkanes) is 1. The summed E-state index contributed by atoms with van der Waals surface area (Å²) in [7, 11) is 3.05. The van der Waals surface area contributed by atoms with E-state index in [0.29, 0.717) is 29.6 Å². The summed E-state index contributed by atoms with van der Waals surface area (Å²) in [6.07, 6.45) is 5.71.